The van der Waals surface area contributed by atoms with Crippen LogP contribution in [-0.4, -0.2) is 52.2 Å². The summed E-state index contributed by atoms with van der Waals surface area (Å²) in [5, 5.41) is 3.55. The van der Waals surface area contributed by atoms with Gasteiger partial charge in [0.1, 0.15) is 0 Å². The Bertz CT molecular complexity index is 216. The van der Waals surface area contributed by atoms with E-state index < -0.39 is 0 Å². The SMILES string of the molecule is CCCNCC1(OCCOCCOC)CCCCCC1. The maximum atomic E-state index is 6.25. The zero-order chi connectivity index (χ0) is 14.5. The molecule has 0 saturated heterocycles. The van der Waals surface area contributed by atoms with Crippen LogP contribution in [0.5, 0.6) is 0 Å². The van der Waals surface area contributed by atoms with Crippen LogP contribution in [0.2, 0.25) is 0 Å². The number of nitrogens with one attached hydrogen (secondary N) is 1. The summed E-state index contributed by atoms with van der Waals surface area (Å²) in [7, 11) is 1.69. The van der Waals surface area contributed by atoms with Crippen molar-refractivity contribution in [1.29, 1.82) is 0 Å². The molecule has 0 unspecified atom stereocenters. The molecule has 1 aliphatic rings. The number of hydrogen-bond acceptors (Lipinski definition) is 4. The van der Waals surface area contributed by atoms with E-state index in [0.717, 1.165) is 13.1 Å². The first-order valence-corrected chi connectivity index (χ1v) is 8.24. The highest BCUT2D eigenvalue weighted by Crippen LogP contribution is 2.30. The van der Waals surface area contributed by atoms with Crippen LogP contribution in [0.1, 0.15) is 51.9 Å². The molecule has 0 aromatic carbocycles. The Hall–Kier alpha value is -0.160. The summed E-state index contributed by atoms with van der Waals surface area (Å²) in [6, 6.07) is 0. The fourth-order valence-electron chi connectivity index (χ4n) is 2.80. The summed E-state index contributed by atoms with van der Waals surface area (Å²) in [4.78, 5) is 0. The van der Waals surface area contributed by atoms with Crippen molar-refractivity contribution in [2.24, 2.45) is 0 Å². The third kappa shape index (κ3) is 7.58. The maximum Gasteiger partial charge on any atom is 0.0807 e. The van der Waals surface area contributed by atoms with Gasteiger partial charge in [0.15, 0.2) is 0 Å². The zero-order valence-electron chi connectivity index (χ0n) is 13.4. The smallest absolute Gasteiger partial charge is 0.0807 e. The highest BCUT2D eigenvalue weighted by Gasteiger charge is 2.31. The molecule has 0 aromatic rings. The monoisotopic (exact) mass is 287 g/mol. The fraction of sp³-hybridized carbons (Fsp3) is 1.00. The standard InChI is InChI=1S/C16H33NO3/c1-3-10-17-15-16(8-6-4-5-7-9-16)20-14-13-19-12-11-18-2/h17H,3-15H2,1-2H3. The van der Waals surface area contributed by atoms with Gasteiger partial charge in [-0.25, -0.2) is 0 Å². The summed E-state index contributed by atoms with van der Waals surface area (Å²) in [6.45, 7) is 6.94. The van der Waals surface area contributed by atoms with Gasteiger partial charge in [-0.15, -0.1) is 0 Å². The highest BCUT2D eigenvalue weighted by atomic mass is 16.5. The molecule has 0 spiro atoms. The third-order valence-electron chi connectivity index (χ3n) is 3.96. The van der Waals surface area contributed by atoms with Crippen LogP contribution in [-0.2, 0) is 14.2 Å². The van der Waals surface area contributed by atoms with Gasteiger partial charge in [0.2, 0.25) is 0 Å². The van der Waals surface area contributed by atoms with Gasteiger partial charge < -0.3 is 19.5 Å². The normalized spacial score (nSPS) is 18.9. The van der Waals surface area contributed by atoms with Crippen molar-refractivity contribution in [3.8, 4) is 0 Å². The quantitative estimate of drug-likeness (QED) is 0.468. The Labute approximate surface area is 124 Å². The third-order valence-corrected chi connectivity index (χ3v) is 3.96. The topological polar surface area (TPSA) is 39.7 Å². The average Bonchev–Trinajstić information content (AvgIpc) is 2.69. The molecule has 4 nitrogen and oxygen atoms in total. The molecule has 120 valence electrons. The van der Waals surface area contributed by atoms with E-state index in [9.17, 15) is 0 Å². The first-order valence-electron chi connectivity index (χ1n) is 8.24. The summed E-state index contributed by atoms with van der Waals surface area (Å²) < 4.78 is 16.7. The van der Waals surface area contributed by atoms with Crippen LogP contribution >= 0.6 is 0 Å². The number of methoxy groups -OCH3 is 1. The fourth-order valence-corrected chi connectivity index (χ4v) is 2.80. The Balaban J connectivity index is 2.29. The average molecular weight is 287 g/mol. The van der Waals surface area contributed by atoms with Gasteiger partial charge >= 0.3 is 0 Å². The van der Waals surface area contributed by atoms with Crippen LogP contribution < -0.4 is 5.32 Å². The van der Waals surface area contributed by atoms with Crippen molar-refractivity contribution in [2.45, 2.75) is 57.5 Å². The maximum absolute atomic E-state index is 6.25. The van der Waals surface area contributed by atoms with Crippen molar-refractivity contribution in [3.63, 3.8) is 0 Å². The first-order chi connectivity index (χ1) is 9.83. The Morgan fingerprint density at radius 2 is 1.65 bits per heavy atom. The molecule has 1 fully saturated rings. The molecule has 1 rings (SSSR count). The Morgan fingerprint density at radius 1 is 0.950 bits per heavy atom. The van der Waals surface area contributed by atoms with Gasteiger partial charge in [-0.1, -0.05) is 32.6 Å². The van der Waals surface area contributed by atoms with E-state index in [1.54, 1.807) is 7.11 Å². The van der Waals surface area contributed by atoms with Gasteiger partial charge in [-0.2, -0.15) is 0 Å². The van der Waals surface area contributed by atoms with Crippen molar-refractivity contribution in [1.82, 2.24) is 5.32 Å². The number of hydrogen-bond donors (Lipinski definition) is 1. The molecule has 1 aliphatic carbocycles. The lowest BCUT2D eigenvalue weighted by molar-refractivity contribution is -0.0776. The minimum atomic E-state index is 0.0380. The molecule has 4 heteroatoms. The molecule has 0 aromatic heterocycles. The lowest BCUT2D eigenvalue weighted by atomic mass is 9.94. The zero-order valence-corrected chi connectivity index (χ0v) is 13.4. The van der Waals surface area contributed by atoms with E-state index in [1.807, 2.05) is 0 Å². The van der Waals surface area contributed by atoms with Crippen molar-refractivity contribution >= 4 is 0 Å². The Morgan fingerprint density at radius 3 is 2.30 bits per heavy atom. The molecule has 1 saturated carbocycles. The molecule has 0 radical (unpaired) electrons. The van der Waals surface area contributed by atoms with E-state index in [0.29, 0.717) is 26.4 Å². The first kappa shape index (κ1) is 17.9. The minimum absolute atomic E-state index is 0.0380. The van der Waals surface area contributed by atoms with Gasteiger partial charge in [0, 0.05) is 13.7 Å². The van der Waals surface area contributed by atoms with E-state index in [1.165, 1.54) is 44.9 Å². The van der Waals surface area contributed by atoms with E-state index in [4.69, 9.17) is 14.2 Å². The summed E-state index contributed by atoms with van der Waals surface area (Å²) in [5.41, 5.74) is 0.0380. The van der Waals surface area contributed by atoms with E-state index in [2.05, 4.69) is 12.2 Å². The van der Waals surface area contributed by atoms with Gasteiger partial charge in [-0.3, -0.25) is 0 Å². The van der Waals surface area contributed by atoms with Crippen molar-refractivity contribution in [3.05, 3.63) is 0 Å². The number of ether oxygens (including phenoxy) is 3. The summed E-state index contributed by atoms with van der Waals surface area (Å²) in [5.74, 6) is 0. The largest absolute Gasteiger partial charge is 0.382 e. The van der Waals surface area contributed by atoms with E-state index in [-0.39, 0.29) is 5.60 Å². The summed E-state index contributed by atoms with van der Waals surface area (Å²) in [6.07, 6.45) is 8.82. The molecular weight excluding hydrogens is 254 g/mol. The lowest BCUT2D eigenvalue weighted by Gasteiger charge is -2.33. The predicted octanol–water partition coefficient (Wildman–Crippen LogP) is 2.76. The van der Waals surface area contributed by atoms with Crippen LogP contribution in [0.3, 0.4) is 0 Å². The van der Waals surface area contributed by atoms with Gasteiger partial charge in [0.25, 0.3) is 0 Å². The van der Waals surface area contributed by atoms with Crippen LogP contribution in [0.4, 0.5) is 0 Å². The minimum Gasteiger partial charge on any atom is -0.382 e. The van der Waals surface area contributed by atoms with Crippen LogP contribution in [0, 0.1) is 0 Å². The second-order valence-electron chi connectivity index (χ2n) is 5.73. The van der Waals surface area contributed by atoms with Crippen LogP contribution in [0.15, 0.2) is 0 Å². The lowest BCUT2D eigenvalue weighted by Crippen LogP contribution is -2.43. The van der Waals surface area contributed by atoms with Crippen LogP contribution in [0.25, 0.3) is 0 Å². The second kappa shape index (κ2) is 11.5. The highest BCUT2D eigenvalue weighted by molar-refractivity contribution is 4.85. The molecule has 0 bridgehead atoms. The molecular formula is C16H33NO3. The predicted molar refractivity (Wildman–Crippen MR) is 82.2 cm³/mol. The summed E-state index contributed by atoms with van der Waals surface area (Å²) >= 11 is 0. The molecule has 0 heterocycles. The Kier molecular flexibility index (Phi) is 10.3. The van der Waals surface area contributed by atoms with Crippen molar-refractivity contribution in [2.75, 3.05) is 46.6 Å². The van der Waals surface area contributed by atoms with E-state index >= 15 is 0 Å². The molecule has 1 N–H and O–H groups in total. The second-order valence-corrected chi connectivity index (χ2v) is 5.73. The molecule has 0 atom stereocenters. The molecule has 20 heavy (non-hydrogen) atoms. The van der Waals surface area contributed by atoms with Gasteiger partial charge in [0.05, 0.1) is 32.0 Å². The molecule has 0 aliphatic heterocycles. The van der Waals surface area contributed by atoms with Gasteiger partial charge in [-0.05, 0) is 25.8 Å². The van der Waals surface area contributed by atoms with Crippen molar-refractivity contribution < 1.29 is 14.2 Å². The molecule has 0 amide bonds. The number of rotatable bonds is 11.